The maximum Gasteiger partial charge on any atom is 0.145 e. The third-order valence-corrected chi connectivity index (χ3v) is 4.84. The summed E-state index contributed by atoms with van der Waals surface area (Å²) < 4.78 is 25.2. The van der Waals surface area contributed by atoms with Gasteiger partial charge in [-0.05, 0) is 37.9 Å². The molecular weight excluding hydrogens is 293 g/mol. The molecule has 0 aliphatic carbocycles. The predicted molar refractivity (Wildman–Crippen MR) is 80.3 cm³/mol. The van der Waals surface area contributed by atoms with Crippen LogP contribution in [0.25, 0.3) is 0 Å². The summed E-state index contributed by atoms with van der Waals surface area (Å²) in [7, 11) is 0. The number of nitrogens with one attached hydrogen (secondary N) is 1. The van der Waals surface area contributed by atoms with Gasteiger partial charge in [0.05, 0.1) is 0 Å². The molecule has 1 unspecified atom stereocenters. The van der Waals surface area contributed by atoms with E-state index in [9.17, 15) is 4.39 Å². The van der Waals surface area contributed by atoms with Gasteiger partial charge >= 0.3 is 0 Å². The smallest absolute Gasteiger partial charge is 0.145 e. The van der Waals surface area contributed by atoms with E-state index in [1.54, 1.807) is 12.1 Å². The van der Waals surface area contributed by atoms with E-state index in [1.165, 1.54) is 6.07 Å². The molecule has 0 spiro atoms. The first-order valence-electron chi connectivity index (χ1n) is 7.65. The van der Waals surface area contributed by atoms with Gasteiger partial charge in [0.1, 0.15) is 22.7 Å². The highest BCUT2D eigenvalue weighted by Gasteiger charge is 2.34. The molecule has 2 fully saturated rings. The van der Waals surface area contributed by atoms with Crippen LogP contribution >= 0.6 is 11.6 Å². The highest BCUT2D eigenvalue weighted by atomic mass is 35.5. The Labute approximate surface area is 129 Å². The monoisotopic (exact) mass is 313 g/mol. The molecule has 1 N–H and O–H groups in total. The topological polar surface area (TPSA) is 30.5 Å². The van der Waals surface area contributed by atoms with Crippen molar-refractivity contribution >= 4 is 11.6 Å². The molecule has 0 amide bonds. The molecule has 5 heteroatoms. The third-order valence-electron chi connectivity index (χ3n) is 4.47. The SMILES string of the molecule is Fc1cccc(O[C@@H](C2CCOCC2)C2CCNC2)c1Cl. The zero-order valence-corrected chi connectivity index (χ0v) is 12.7. The van der Waals surface area contributed by atoms with Crippen molar-refractivity contribution in [2.45, 2.75) is 25.4 Å². The van der Waals surface area contributed by atoms with Crippen molar-refractivity contribution in [2.24, 2.45) is 11.8 Å². The normalized spacial score (nSPS) is 25.0. The number of hydrogen-bond acceptors (Lipinski definition) is 3. The molecule has 1 aromatic carbocycles. The van der Waals surface area contributed by atoms with Crippen molar-refractivity contribution in [3.63, 3.8) is 0 Å². The molecule has 1 aromatic rings. The summed E-state index contributed by atoms with van der Waals surface area (Å²) in [4.78, 5) is 0. The largest absolute Gasteiger partial charge is 0.488 e. The zero-order chi connectivity index (χ0) is 14.7. The summed E-state index contributed by atoms with van der Waals surface area (Å²) in [6.45, 7) is 3.53. The van der Waals surface area contributed by atoms with Crippen LogP contribution in [0.15, 0.2) is 18.2 Å². The van der Waals surface area contributed by atoms with E-state index in [-0.39, 0.29) is 11.1 Å². The molecular formula is C16H21ClFNO2. The van der Waals surface area contributed by atoms with E-state index >= 15 is 0 Å². The Morgan fingerprint density at radius 3 is 2.76 bits per heavy atom. The predicted octanol–water partition coefficient (Wildman–Crippen LogP) is 3.26. The van der Waals surface area contributed by atoms with Crippen LogP contribution in [0, 0.1) is 17.7 Å². The minimum absolute atomic E-state index is 0.0724. The van der Waals surface area contributed by atoms with Crippen LogP contribution in [0.5, 0.6) is 5.75 Å². The molecule has 3 nitrogen and oxygen atoms in total. The van der Waals surface area contributed by atoms with Crippen molar-refractivity contribution in [1.29, 1.82) is 0 Å². The van der Waals surface area contributed by atoms with Gasteiger partial charge in [0.15, 0.2) is 0 Å². The second-order valence-corrected chi connectivity index (χ2v) is 6.22. The average Bonchev–Trinajstić information content (AvgIpc) is 3.04. The maximum absolute atomic E-state index is 13.6. The van der Waals surface area contributed by atoms with Crippen LogP contribution in [0.2, 0.25) is 5.02 Å². The number of ether oxygens (including phenoxy) is 2. The number of halogens is 2. The second kappa shape index (κ2) is 6.95. The Morgan fingerprint density at radius 2 is 2.05 bits per heavy atom. The van der Waals surface area contributed by atoms with Gasteiger partial charge in [0.2, 0.25) is 0 Å². The fraction of sp³-hybridized carbons (Fsp3) is 0.625. The first kappa shape index (κ1) is 15.1. The first-order valence-corrected chi connectivity index (χ1v) is 8.02. The highest BCUT2D eigenvalue weighted by Crippen LogP contribution is 2.34. The summed E-state index contributed by atoms with van der Waals surface area (Å²) in [6.07, 6.45) is 3.15. The maximum atomic E-state index is 13.6. The van der Waals surface area contributed by atoms with Crippen LogP contribution in [0.4, 0.5) is 4.39 Å². The molecule has 2 saturated heterocycles. The Balaban J connectivity index is 1.79. The van der Waals surface area contributed by atoms with Gasteiger partial charge in [-0.1, -0.05) is 17.7 Å². The van der Waals surface area contributed by atoms with E-state index in [4.69, 9.17) is 21.1 Å². The summed E-state index contributed by atoms with van der Waals surface area (Å²) in [6, 6.07) is 4.75. The van der Waals surface area contributed by atoms with E-state index < -0.39 is 5.82 Å². The summed E-state index contributed by atoms with van der Waals surface area (Å²) in [5.41, 5.74) is 0. The lowest BCUT2D eigenvalue weighted by atomic mass is 9.85. The third kappa shape index (κ3) is 3.50. The Kier molecular flexibility index (Phi) is 4.99. The number of rotatable bonds is 4. The Morgan fingerprint density at radius 1 is 1.24 bits per heavy atom. The molecule has 2 atom stereocenters. The highest BCUT2D eigenvalue weighted by molar-refractivity contribution is 6.32. The molecule has 0 aromatic heterocycles. The number of hydrogen-bond donors (Lipinski definition) is 1. The minimum Gasteiger partial charge on any atom is -0.488 e. The van der Waals surface area contributed by atoms with Crippen LogP contribution in [0.1, 0.15) is 19.3 Å². The Bertz CT molecular complexity index is 473. The van der Waals surface area contributed by atoms with E-state index in [2.05, 4.69) is 5.32 Å². The van der Waals surface area contributed by atoms with Crippen LogP contribution in [-0.4, -0.2) is 32.4 Å². The molecule has 2 heterocycles. The fourth-order valence-corrected chi connectivity index (χ4v) is 3.47. The average molecular weight is 314 g/mol. The Hall–Kier alpha value is -0.840. The molecule has 0 bridgehead atoms. The lowest BCUT2D eigenvalue weighted by Gasteiger charge is -2.34. The minimum atomic E-state index is -0.426. The quantitative estimate of drug-likeness (QED) is 0.925. The zero-order valence-electron chi connectivity index (χ0n) is 12.0. The summed E-state index contributed by atoms with van der Waals surface area (Å²) in [5, 5.41) is 3.47. The fourth-order valence-electron chi connectivity index (χ4n) is 3.30. The van der Waals surface area contributed by atoms with E-state index in [0.29, 0.717) is 17.6 Å². The van der Waals surface area contributed by atoms with Crippen LogP contribution < -0.4 is 10.1 Å². The van der Waals surface area contributed by atoms with Crippen molar-refractivity contribution in [3.8, 4) is 5.75 Å². The molecule has 116 valence electrons. The van der Waals surface area contributed by atoms with Gasteiger partial charge in [0, 0.05) is 31.6 Å². The summed E-state index contributed by atoms with van der Waals surface area (Å²) in [5.74, 6) is 0.930. The molecule has 0 radical (unpaired) electrons. The second-order valence-electron chi connectivity index (χ2n) is 5.84. The molecule has 2 aliphatic heterocycles. The molecule has 3 rings (SSSR count). The lowest BCUT2D eigenvalue weighted by Crippen LogP contribution is -2.39. The van der Waals surface area contributed by atoms with Crippen molar-refractivity contribution in [1.82, 2.24) is 5.32 Å². The van der Waals surface area contributed by atoms with E-state index in [1.807, 2.05) is 0 Å². The van der Waals surface area contributed by atoms with Gasteiger partial charge in [-0.3, -0.25) is 0 Å². The molecule has 21 heavy (non-hydrogen) atoms. The van der Waals surface area contributed by atoms with Gasteiger partial charge in [0.25, 0.3) is 0 Å². The van der Waals surface area contributed by atoms with E-state index in [0.717, 1.165) is 45.6 Å². The standard InChI is InChI=1S/C16H21ClFNO2/c17-15-13(18)2-1-3-14(15)21-16(12-4-7-19-10-12)11-5-8-20-9-6-11/h1-3,11-12,16,19H,4-10H2/t12?,16-/m0/s1. The van der Waals surface area contributed by atoms with Gasteiger partial charge in [-0.2, -0.15) is 0 Å². The van der Waals surface area contributed by atoms with Crippen molar-refractivity contribution in [2.75, 3.05) is 26.3 Å². The number of benzene rings is 1. The first-order chi connectivity index (χ1) is 10.3. The molecule has 0 saturated carbocycles. The van der Waals surface area contributed by atoms with Gasteiger partial charge in [-0.25, -0.2) is 4.39 Å². The molecule has 2 aliphatic rings. The van der Waals surface area contributed by atoms with Gasteiger partial charge in [-0.15, -0.1) is 0 Å². The summed E-state index contributed by atoms with van der Waals surface area (Å²) >= 11 is 6.04. The van der Waals surface area contributed by atoms with Gasteiger partial charge < -0.3 is 14.8 Å². The van der Waals surface area contributed by atoms with Crippen molar-refractivity contribution in [3.05, 3.63) is 29.0 Å². The van der Waals surface area contributed by atoms with Crippen LogP contribution in [-0.2, 0) is 4.74 Å². The van der Waals surface area contributed by atoms with Crippen LogP contribution in [0.3, 0.4) is 0 Å². The van der Waals surface area contributed by atoms with Crippen molar-refractivity contribution < 1.29 is 13.9 Å². The lowest BCUT2D eigenvalue weighted by molar-refractivity contribution is -0.00140.